The summed E-state index contributed by atoms with van der Waals surface area (Å²) in [7, 11) is 1.85. The first-order valence-electron chi connectivity index (χ1n) is 8.72. The van der Waals surface area contributed by atoms with Gasteiger partial charge in [0.05, 0.1) is 0 Å². The summed E-state index contributed by atoms with van der Waals surface area (Å²) in [5, 5.41) is 6.89. The maximum Gasteiger partial charge on any atom is 0.191 e. The van der Waals surface area contributed by atoms with Crippen LogP contribution in [0, 0.1) is 5.92 Å². The molecular weight excluding hydrogens is 387 g/mol. The minimum Gasteiger partial charge on any atom is -0.356 e. The van der Waals surface area contributed by atoms with Crippen LogP contribution in [0.5, 0.6) is 0 Å². The van der Waals surface area contributed by atoms with E-state index in [0.29, 0.717) is 6.04 Å². The number of hydrogen-bond acceptors (Lipinski definition) is 2. The summed E-state index contributed by atoms with van der Waals surface area (Å²) in [5.41, 5.74) is 0. The largest absolute Gasteiger partial charge is 0.356 e. The van der Waals surface area contributed by atoms with E-state index in [1.165, 1.54) is 32.2 Å². The predicted molar refractivity (Wildman–Crippen MR) is 110 cm³/mol. The highest BCUT2D eigenvalue weighted by Crippen LogP contribution is 2.06. The van der Waals surface area contributed by atoms with E-state index in [-0.39, 0.29) is 24.0 Å². The second-order valence-electron chi connectivity index (χ2n) is 6.25. The lowest BCUT2D eigenvalue weighted by Crippen LogP contribution is -2.42. The third-order valence-corrected chi connectivity index (χ3v) is 3.87. The van der Waals surface area contributed by atoms with Gasteiger partial charge in [0.15, 0.2) is 5.96 Å². The van der Waals surface area contributed by atoms with Crippen molar-refractivity contribution in [3.63, 3.8) is 0 Å². The molecule has 0 amide bonds. The van der Waals surface area contributed by atoms with Crippen LogP contribution in [0.2, 0.25) is 0 Å². The fraction of sp³-hybridized carbons (Fsp3) is 0.941. The normalized spacial score (nSPS) is 13.2. The maximum absolute atomic E-state index is 4.30. The molecule has 0 aliphatic rings. The van der Waals surface area contributed by atoms with Crippen LogP contribution in [0.3, 0.4) is 0 Å². The second kappa shape index (κ2) is 15.8. The van der Waals surface area contributed by atoms with E-state index < -0.39 is 0 Å². The van der Waals surface area contributed by atoms with Crippen molar-refractivity contribution in [1.29, 1.82) is 0 Å². The Morgan fingerprint density at radius 3 is 2.18 bits per heavy atom. The van der Waals surface area contributed by atoms with Crippen LogP contribution in [-0.4, -0.2) is 50.1 Å². The number of aliphatic imine (C=N–C) groups is 1. The highest BCUT2D eigenvalue weighted by atomic mass is 127. The number of hydrogen-bond donors (Lipinski definition) is 2. The van der Waals surface area contributed by atoms with Gasteiger partial charge in [-0.05, 0) is 58.2 Å². The van der Waals surface area contributed by atoms with E-state index in [1.807, 2.05) is 7.05 Å². The Bertz CT molecular complexity index is 265. The Kier molecular flexibility index (Phi) is 17.4. The van der Waals surface area contributed by atoms with Crippen LogP contribution in [0.1, 0.15) is 60.3 Å². The fourth-order valence-corrected chi connectivity index (χ4v) is 2.29. The molecule has 0 aromatic rings. The molecule has 0 saturated heterocycles. The number of halogens is 1. The van der Waals surface area contributed by atoms with Crippen molar-refractivity contribution >= 4 is 29.9 Å². The molecule has 0 fully saturated rings. The number of guanidine groups is 1. The Balaban J connectivity index is 0. The van der Waals surface area contributed by atoms with E-state index in [0.717, 1.165) is 31.5 Å². The minimum atomic E-state index is 0. The Morgan fingerprint density at radius 2 is 1.68 bits per heavy atom. The van der Waals surface area contributed by atoms with Gasteiger partial charge < -0.3 is 15.5 Å². The highest BCUT2D eigenvalue weighted by molar-refractivity contribution is 14.0. The predicted octanol–water partition coefficient (Wildman–Crippen LogP) is 3.72. The van der Waals surface area contributed by atoms with Gasteiger partial charge in [-0.15, -0.1) is 24.0 Å². The maximum atomic E-state index is 4.30. The van der Waals surface area contributed by atoms with Gasteiger partial charge in [-0.25, -0.2) is 0 Å². The lowest BCUT2D eigenvalue weighted by atomic mass is 10.0. The van der Waals surface area contributed by atoms with Crippen LogP contribution in [0.25, 0.3) is 0 Å². The van der Waals surface area contributed by atoms with E-state index in [4.69, 9.17) is 0 Å². The topological polar surface area (TPSA) is 39.7 Å². The van der Waals surface area contributed by atoms with Crippen molar-refractivity contribution in [3.05, 3.63) is 0 Å². The Hall–Kier alpha value is -0.0400. The van der Waals surface area contributed by atoms with Gasteiger partial charge in [-0.3, -0.25) is 4.99 Å². The number of rotatable bonds is 11. The fourth-order valence-electron chi connectivity index (χ4n) is 2.29. The van der Waals surface area contributed by atoms with Gasteiger partial charge >= 0.3 is 0 Å². The van der Waals surface area contributed by atoms with Crippen molar-refractivity contribution in [2.24, 2.45) is 10.9 Å². The van der Waals surface area contributed by atoms with Crippen LogP contribution in [-0.2, 0) is 0 Å². The van der Waals surface area contributed by atoms with E-state index in [2.05, 4.69) is 55.1 Å². The molecule has 1 unspecified atom stereocenters. The molecule has 4 nitrogen and oxygen atoms in total. The molecule has 0 rings (SSSR count). The van der Waals surface area contributed by atoms with E-state index in [9.17, 15) is 0 Å². The molecule has 1 atom stereocenters. The first kappa shape index (κ1) is 24.2. The molecule has 0 bridgehead atoms. The molecule has 0 heterocycles. The Labute approximate surface area is 155 Å². The molecule has 0 spiro atoms. The zero-order valence-corrected chi connectivity index (χ0v) is 17.9. The van der Waals surface area contributed by atoms with Crippen LogP contribution in [0.4, 0.5) is 0 Å². The number of nitrogens with zero attached hydrogens (tertiary/aromatic N) is 2. The molecule has 5 heteroatoms. The van der Waals surface area contributed by atoms with Gasteiger partial charge in [0, 0.05) is 19.6 Å². The SMILES string of the molecule is CCN(CC)CCCCNC(=NC)NC(C)CCC(C)C.I. The molecule has 2 N–H and O–H groups in total. The quantitative estimate of drug-likeness (QED) is 0.229. The lowest BCUT2D eigenvalue weighted by molar-refractivity contribution is 0.297. The zero-order valence-electron chi connectivity index (χ0n) is 15.6. The average molecular weight is 426 g/mol. The number of unbranched alkanes of at least 4 members (excludes halogenated alkanes) is 1. The zero-order chi connectivity index (χ0) is 16.1. The van der Waals surface area contributed by atoms with Crippen molar-refractivity contribution in [2.75, 3.05) is 33.2 Å². The first-order valence-corrected chi connectivity index (χ1v) is 8.72. The average Bonchev–Trinajstić information content (AvgIpc) is 2.47. The lowest BCUT2D eigenvalue weighted by Gasteiger charge is -2.20. The van der Waals surface area contributed by atoms with Gasteiger partial charge in [-0.2, -0.15) is 0 Å². The smallest absolute Gasteiger partial charge is 0.191 e. The van der Waals surface area contributed by atoms with E-state index in [1.54, 1.807) is 0 Å². The summed E-state index contributed by atoms with van der Waals surface area (Å²) < 4.78 is 0. The van der Waals surface area contributed by atoms with Crippen LogP contribution in [0.15, 0.2) is 4.99 Å². The molecule has 0 aliphatic heterocycles. The Morgan fingerprint density at radius 1 is 1.05 bits per heavy atom. The third-order valence-electron chi connectivity index (χ3n) is 3.87. The second-order valence-corrected chi connectivity index (χ2v) is 6.25. The van der Waals surface area contributed by atoms with Crippen LogP contribution < -0.4 is 10.6 Å². The number of nitrogens with one attached hydrogen (secondary N) is 2. The van der Waals surface area contributed by atoms with Gasteiger partial charge in [0.2, 0.25) is 0 Å². The summed E-state index contributed by atoms with van der Waals surface area (Å²) >= 11 is 0. The van der Waals surface area contributed by atoms with Crippen molar-refractivity contribution in [1.82, 2.24) is 15.5 Å². The standard InChI is InChI=1S/C17H38N4.HI/c1-7-21(8-2)14-10-9-13-19-17(18-6)20-16(5)12-11-15(3)4;/h15-16H,7-14H2,1-6H3,(H2,18,19,20);1H. The summed E-state index contributed by atoms with van der Waals surface area (Å²) in [6, 6.07) is 0.481. The monoisotopic (exact) mass is 426 g/mol. The molecule has 0 radical (unpaired) electrons. The van der Waals surface area contributed by atoms with Crippen molar-refractivity contribution in [2.45, 2.75) is 66.3 Å². The molecule has 0 aromatic heterocycles. The van der Waals surface area contributed by atoms with Gasteiger partial charge in [0.25, 0.3) is 0 Å². The van der Waals surface area contributed by atoms with E-state index >= 15 is 0 Å². The first-order chi connectivity index (χ1) is 10.0. The molecule has 0 aliphatic carbocycles. The van der Waals surface area contributed by atoms with Crippen molar-refractivity contribution < 1.29 is 0 Å². The molecule has 22 heavy (non-hydrogen) atoms. The third kappa shape index (κ3) is 13.6. The minimum absolute atomic E-state index is 0. The molecule has 134 valence electrons. The summed E-state index contributed by atoms with van der Waals surface area (Å²) in [5.74, 6) is 1.71. The van der Waals surface area contributed by atoms with Gasteiger partial charge in [0.1, 0.15) is 0 Å². The van der Waals surface area contributed by atoms with Crippen LogP contribution >= 0.6 is 24.0 Å². The molecule has 0 aromatic carbocycles. The summed E-state index contributed by atoms with van der Waals surface area (Å²) in [4.78, 5) is 6.78. The molecule has 0 saturated carbocycles. The van der Waals surface area contributed by atoms with Gasteiger partial charge in [-0.1, -0.05) is 27.7 Å². The summed E-state index contributed by atoms with van der Waals surface area (Å²) in [6.45, 7) is 15.7. The van der Waals surface area contributed by atoms with Crippen molar-refractivity contribution in [3.8, 4) is 0 Å². The summed E-state index contributed by atoms with van der Waals surface area (Å²) in [6.07, 6.45) is 4.89. The molecular formula is C17H39IN4. The highest BCUT2D eigenvalue weighted by Gasteiger charge is 2.06.